The summed E-state index contributed by atoms with van der Waals surface area (Å²) in [5, 5.41) is 23.4. The lowest BCUT2D eigenvalue weighted by Crippen LogP contribution is -2.43. The number of nitrogens with zero attached hydrogens (tertiary/aromatic N) is 1. The first-order chi connectivity index (χ1) is 16.8. The lowest BCUT2D eigenvalue weighted by molar-refractivity contribution is -0.138. The van der Waals surface area contributed by atoms with Crippen molar-refractivity contribution in [3.05, 3.63) is 0 Å². The predicted octanol–water partition coefficient (Wildman–Crippen LogP) is 4.64. The maximum absolute atomic E-state index is 12.3. The van der Waals surface area contributed by atoms with Gasteiger partial charge in [0.15, 0.2) is 0 Å². The van der Waals surface area contributed by atoms with Gasteiger partial charge < -0.3 is 30.5 Å². The second-order valence-corrected chi connectivity index (χ2v) is 9.62. The fourth-order valence-electron chi connectivity index (χ4n) is 3.86. The molecule has 206 valence electrons. The van der Waals surface area contributed by atoms with Gasteiger partial charge in [-0.05, 0) is 39.8 Å². The summed E-state index contributed by atoms with van der Waals surface area (Å²) >= 11 is 0. The maximum atomic E-state index is 12.3. The van der Waals surface area contributed by atoms with Crippen LogP contribution in [0.1, 0.15) is 103 Å². The molecule has 0 saturated heterocycles. The Morgan fingerprint density at radius 1 is 0.714 bits per heavy atom. The van der Waals surface area contributed by atoms with Gasteiger partial charge in [0, 0.05) is 32.0 Å². The minimum Gasteiger partial charge on any atom is -0.481 e. The molecule has 0 radical (unpaired) electrons. The largest absolute Gasteiger partial charge is 0.481 e. The SMILES string of the molecule is CN(C)CCOCCNC(=O)NC(CCCCCCCCC(=O)O)CCCCCCCCC(=O)O. The third kappa shape index (κ3) is 26.6. The first-order valence-corrected chi connectivity index (χ1v) is 13.5. The Labute approximate surface area is 212 Å². The number of amides is 2. The summed E-state index contributed by atoms with van der Waals surface area (Å²) in [6.07, 6.45) is 14.4. The molecule has 0 aliphatic rings. The van der Waals surface area contributed by atoms with Crippen LogP contribution in [0.15, 0.2) is 0 Å². The highest BCUT2D eigenvalue weighted by atomic mass is 16.5. The quantitative estimate of drug-likeness (QED) is 0.134. The summed E-state index contributed by atoms with van der Waals surface area (Å²) in [6.45, 7) is 2.48. The molecule has 0 heterocycles. The highest BCUT2D eigenvalue weighted by Gasteiger charge is 2.12. The van der Waals surface area contributed by atoms with Gasteiger partial charge in [0.05, 0.1) is 13.2 Å². The van der Waals surface area contributed by atoms with Gasteiger partial charge in [-0.3, -0.25) is 9.59 Å². The molecule has 0 aliphatic heterocycles. The normalized spacial score (nSPS) is 11.2. The molecule has 0 rings (SSSR count). The molecule has 0 saturated carbocycles. The Hall–Kier alpha value is -1.87. The molecule has 9 nitrogen and oxygen atoms in total. The zero-order valence-corrected chi connectivity index (χ0v) is 22.2. The molecule has 0 aromatic rings. The van der Waals surface area contributed by atoms with Crippen LogP contribution >= 0.6 is 0 Å². The molecule has 0 aromatic carbocycles. The summed E-state index contributed by atoms with van der Waals surface area (Å²) in [5.74, 6) is -1.45. The number of rotatable bonds is 25. The average Bonchev–Trinajstić information content (AvgIpc) is 2.78. The van der Waals surface area contributed by atoms with E-state index in [4.69, 9.17) is 14.9 Å². The van der Waals surface area contributed by atoms with Gasteiger partial charge in [0.25, 0.3) is 0 Å². The monoisotopic (exact) mass is 501 g/mol. The Morgan fingerprint density at radius 3 is 1.63 bits per heavy atom. The van der Waals surface area contributed by atoms with E-state index in [1.165, 1.54) is 0 Å². The number of aliphatic carboxylic acids is 2. The van der Waals surface area contributed by atoms with Crippen molar-refractivity contribution in [2.75, 3.05) is 40.4 Å². The van der Waals surface area contributed by atoms with Crippen molar-refractivity contribution in [2.45, 2.75) is 109 Å². The van der Waals surface area contributed by atoms with Gasteiger partial charge in [-0.15, -0.1) is 0 Å². The van der Waals surface area contributed by atoms with E-state index in [0.29, 0.717) is 19.8 Å². The zero-order valence-electron chi connectivity index (χ0n) is 22.2. The summed E-state index contributed by atoms with van der Waals surface area (Å²) in [6, 6.07) is -0.00256. The van der Waals surface area contributed by atoms with Crippen LogP contribution < -0.4 is 10.6 Å². The predicted molar refractivity (Wildman–Crippen MR) is 139 cm³/mol. The van der Waals surface area contributed by atoms with Crippen LogP contribution in [0.5, 0.6) is 0 Å². The summed E-state index contributed by atoms with van der Waals surface area (Å²) < 4.78 is 5.52. The standard InChI is InChI=1S/C26H51N3O6/c1-29(2)20-22-35-21-19-27-26(34)28-23(15-11-7-3-5-9-13-17-24(30)31)16-12-8-4-6-10-14-18-25(32)33/h23H,3-22H2,1-2H3,(H,30,31)(H,32,33)(H2,27,28,34). The van der Waals surface area contributed by atoms with Gasteiger partial charge in [-0.25, -0.2) is 4.79 Å². The highest BCUT2D eigenvalue weighted by molar-refractivity contribution is 5.74. The number of carbonyl (C=O) groups excluding carboxylic acids is 1. The third-order valence-corrected chi connectivity index (χ3v) is 5.94. The number of likely N-dealkylation sites (N-methyl/N-ethyl adjacent to an activating group) is 1. The van der Waals surface area contributed by atoms with Crippen molar-refractivity contribution in [3.8, 4) is 0 Å². The Kier molecular flexibility index (Phi) is 22.6. The van der Waals surface area contributed by atoms with Crippen LogP contribution in [0.4, 0.5) is 4.79 Å². The number of carboxylic acid groups (broad SMARTS) is 2. The fourth-order valence-corrected chi connectivity index (χ4v) is 3.86. The molecule has 0 aromatic heterocycles. The number of hydrogen-bond acceptors (Lipinski definition) is 5. The maximum Gasteiger partial charge on any atom is 0.315 e. The van der Waals surface area contributed by atoms with Crippen molar-refractivity contribution in [2.24, 2.45) is 0 Å². The summed E-state index contributed by atoms with van der Waals surface area (Å²) in [5.41, 5.74) is 0. The van der Waals surface area contributed by atoms with E-state index < -0.39 is 11.9 Å². The minimum absolute atomic E-state index is 0.142. The van der Waals surface area contributed by atoms with Crippen molar-refractivity contribution in [1.29, 1.82) is 0 Å². The molecule has 0 aliphatic carbocycles. The number of carboxylic acids is 2. The van der Waals surface area contributed by atoms with Gasteiger partial charge in [0.2, 0.25) is 0 Å². The molecule has 0 unspecified atom stereocenters. The van der Waals surface area contributed by atoms with Gasteiger partial charge in [-0.2, -0.15) is 0 Å². The molecule has 35 heavy (non-hydrogen) atoms. The van der Waals surface area contributed by atoms with E-state index in [9.17, 15) is 14.4 Å². The number of unbranched alkanes of at least 4 members (excludes halogenated alkanes) is 10. The second-order valence-electron chi connectivity index (χ2n) is 9.62. The molecular weight excluding hydrogens is 450 g/mol. The summed E-state index contributed by atoms with van der Waals surface area (Å²) in [4.78, 5) is 35.5. The Morgan fingerprint density at radius 2 is 1.17 bits per heavy atom. The Bertz CT molecular complexity index is 515. The molecule has 0 spiro atoms. The molecule has 2 amide bonds. The van der Waals surface area contributed by atoms with Crippen LogP contribution in [0.3, 0.4) is 0 Å². The molecule has 0 atom stereocenters. The van der Waals surface area contributed by atoms with Gasteiger partial charge in [0.1, 0.15) is 0 Å². The van der Waals surface area contributed by atoms with E-state index in [0.717, 1.165) is 96.4 Å². The van der Waals surface area contributed by atoms with Crippen LogP contribution in [-0.4, -0.2) is 79.5 Å². The number of urea groups is 1. The van der Waals surface area contributed by atoms with Crippen molar-refractivity contribution in [1.82, 2.24) is 15.5 Å². The molecule has 9 heteroatoms. The van der Waals surface area contributed by atoms with E-state index in [2.05, 4.69) is 15.5 Å². The van der Waals surface area contributed by atoms with Crippen LogP contribution in [0.2, 0.25) is 0 Å². The van der Waals surface area contributed by atoms with Crippen molar-refractivity contribution < 1.29 is 29.3 Å². The van der Waals surface area contributed by atoms with Crippen molar-refractivity contribution >= 4 is 18.0 Å². The lowest BCUT2D eigenvalue weighted by atomic mass is 10.00. The second kappa shape index (κ2) is 23.9. The topological polar surface area (TPSA) is 128 Å². The van der Waals surface area contributed by atoms with E-state index in [-0.39, 0.29) is 24.9 Å². The van der Waals surface area contributed by atoms with E-state index in [1.807, 2.05) is 14.1 Å². The zero-order chi connectivity index (χ0) is 26.2. The van der Waals surface area contributed by atoms with E-state index in [1.54, 1.807) is 0 Å². The fraction of sp³-hybridized carbons (Fsp3) is 0.885. The summed E-state index contributed by atoms with van der Waals surface area (Å²) in [7, 11) is 3.99. The Balaban J connectivity index is 4.11. The number of nitrogens with one attached hydrogen (secondary N) is 2. The molecule has 0 fully saturated rings. The molecule has 4 N–H and O–H groups in total. The highest BCUT2D eigenvalue weighted by Crippen LogP contribution is 2.15. The molecular formula is C26H51N3O6. The number of ether oxygens (including phenoxy) is 1. The van der Waals surface area contributed by atoms with Crippen LogP contribution in [0.25, 0.3) is 0 Å². The smallest absolute Gasteiger partial charge is 0.315 e. The van der Waals surface area contributed by atoms with Gasteiger partial charge >= 0.3 is 18.0 Å². The third-order valence-electron chi connectivity index (χ3n) is 5.94. The first-order valence-electron chi connectivity index (χ1n) is 13.5. The van der Waals surface area contributed by atoms with Crippen LogP contribution in [0, 0.1) is 0 Å². The van der Waals surface area contributed by atoms with E-state index >= 15 is 0 Å². The van der Waals surface area contributed by atoms with Crippen molar-refractivity contribution in [3.63, 3.8) is 0 Å². The minimum atomic E-state index is -0.724. The average molecular weight is 502 g/mol. The number of hydrogen-bond donors (Lipinski definition) is 4. The lowest BCUT2D eigenvalue weighted by Gasteiger charge is -2.19. The van der Waals surface area contributed by atoms with Crippen LogP contribution in [-0.2, 0) is 14.3 Å². The first kappa shape index (κ1) is 33.1. The number of carbonyl (C=O) groups is 3. The molecule has 0 bridgehead atoms. The van der Waals surface area contributed by atoms with Gasteiger partial charge in [-0.1, -0.05) is 64.2 Å².